The zero-order chi connectivity index (χ0) is 20.7. The van der Waals surface area contributed by atoms with Crippen molar-refractivity contribution in [2.75, 3.05) is 13.2 Å². The van der Waals surface area contributed by atoms with Crippen molar-refractivity contribution in [2.45, 2.75) is 82.0 Å². The quantitative estimate of drug-likeness (QED) is 0.520. The van der Waals surface area contributed by atoms with E-state index in [0.29, 0.717) is 45.1 Å². The number of ether oxygens (including phenoxy) is 1. The maximum absolute atomic E-state index is 12.1. The molecule has 6 nitrogen and oxygen atoms in total. The molecule has 0 amide bonds. The van der Waals surface area contributed by atoms with Gasteiger partial charge in [-0.05, 0) is 74.7 Å². The summed E-state index contributed by atoms with van der Waals surface area (Å²) in [4.78, 5) is 11.6. The molecule has 5 aliphatic rings. The first kappa shape index (κ1) is 20.0. The molecule has 162 valence electrons. The predicted octanol–water partition coefficient (Wildman–Crippen LogP) is 1.69. The fourth-order valence-electron chi connectivity index (χ4n) is 8.52. The maximum atomic E-state index is 12.1. The van der Waals surface area contributed by atoms with Crippen LogP contribution in [0.2, 0.25) is 0 Å². The van der Waals surface area contributed by atoms with Crippen LogP contribution < -0.4 is 0 Å². The van der Waals surface area contributed by atoms with Crippen LogP contribution in [0.4, 0.5) is 0 Å². The molecule has 4 aliphatic carbocycles. The van der Waals surface area contributed by atoms with E-state index in [2.05, 4.69) is 6.92 Å². The van der Waals surface area contributed by atoms with Gasteiger partial charge in [-0.1, -0.05) is 6.92 Å². The molecule has 0 spiro atoms. The van der Waals surface area contributed by atoms with Gasteiger partial charge in [0.1, 0.15) is 6.61 Å². The second-order valence-electron chi connectivity index (χ2n) is 10.8. The average Bonchev–Trinajstić information content (AvgIpc) is 3.21. The van der Waals surface area contributed by atoms with Crippen molar-refractivity contribution in [3.63, 3.8) is 0 Å². The van der Waals surface area contributed by atoms with Crippen LogP contribution in [0.25, 0.3) is 0 Å². The molecule has 29 heavy (non-hydrogen) atoms. The third-order valence-electron chi connectivity index (χ3n) is 10.1. The molecule has 1 heterocycles. The van der Waals surface area contributed by atoms with Crippen molar-refractivity contribution in [2.24, 2.45) is 28.6 Å². The van der Waals surface area contributed by atoms with Gasteiger partial charge in [0.2, 0.25) is 0 Å². The SMILES string of the molecule is C[C@]12CC[C@H]3[C@H](CC[C@]4(O)C[C@H](O)CC[C@]34CO)[C@@]1(O)CC[C@@H]2C1=CC(=O)OC1. The van der Waals surface area contributed by atoms with Gasteiger partial charge in [0.05, 0.1) is 23.9 Å². The Morgan fingerprint density at radius 2 is 1.83 bits per heavy atom. The molecule has 0 radical (unpaired) electrons. The van der Waals surface area contributed by atoms with E-state index >= 15 is 0 Å². The Hall–Kier alpha value is -0.950. The maximum Gasteiger partial charge on any atom is 0.331 e. The highest BCUT2D eigenvalue weighted by molar-refractivity contribution is 5.85. The lowest BCUT2D eigenvalue weighted by atomic mass is 9.41. The number of aliphatic hydroxyl groups excluding tert-OH is 2. The van der Waals surface area contributed by atoms with Crippen molar-refractivity contribution < 1.29 is 30.0 Å². The Morgan fingerprint density at radius 3 is 2.52 bits per heavy atom. The Morgan fingerprint density at radius 1 is 1.07 bits per heavy atom. The molecule has 4 N–H and O–H groups in total. The highest BCUT2D eigenvalue weighted by Crippen LogP contribution is 2.70. The number of carbonyl (C=O) groups is 1. The van der Waals surface area contributed by atoms with Gasteiger partial charge >= 0.3 is 5.97 Å². The highest BCUT2D eigenvalue weighted by atomic mass is 16.5. The smallest absolute Gasteiger partial charge is 0.331 e. The molecule has 5 rings (SSSR count). The van der Waals surface area contributed by atoms with Crippen LogP contribution in [-0.2, 0) is 9.53 Å². The normalized spacial score (nSPS) is 54.2. The second-order valence-corrected chi connectivity index (χ2v) is 10.8. The monoisotopic (exact) mass is 406 g/mol. The van der Waals surface area contributed by atoms with Gasteiger partial charge < -0.3 is 25.2 Å². The summed E-state index contributed by atoms with van der Waals surface area (Å²) < 4.78 is 5.17. The zero-order valence-corrected chi connectivity index (χ0v) is 17.3. The van der Waals surface area contributed by atoms with E-state index in [4.69, 9.17) is 4.74 Å². The van der Waals surface area contributed by atoms with Crippen molar-refractivity contribution in [3.8, 4) is 0 Å². The Balaban J connectivity index is 1.51. The molecule has 0 aromatic rings. The van der Waals surface area contributed by atoms with E-state index in [-0.39, 0.29) is 35.7 Å². The van der Waals surface area contributed by atoms with Gasteiger partial charge in [-0.3, -0.25) is 0 Å². The van der Waals surface area contributed by atoms with E-state index in [9.17, 15) is 25.2 Å². The number of esters is 1. The fraction of sp³-hybridized carbons (Fsp3) is 0.870. The van der Waals surface area contributed by atoms with Crippen molar-refractivity contribution in [1.82, 2.24) is 0 Å². The summed E-state index contributed by atoms with van der Waals surface area (Å²) in [7, 11) is 0. The lowest BCUT2D eigenvalue weighted by Gasteiger charge is -2.66. The summed E-state index contributed by atoms with van der Waals surface area (Å²) in [6, 6.07) is 0. The van der Waals surface area contributed by atoms with E-state index in [1.165, 1.54) is 0 Å². The van der Waals surface area contributed by atoms with Gasteiger partial charge in [0.15, 0.2) is 0 Å². The molecule has 0 bridgehead atoms. The minimum absolute atomic E-state index is 0.0209. The van der Waals surface area contributed by atoms with Crippen LogP contribution >= 0.6 is 0 Å². The van der Waals surface area contributed by atoms with Crippen LogP contribution in [0.5, 0.6) is 0 Å². The van der Waals surface area contributed by atoms with Crippen molar-refractivity contribution >= 4 is 5.97 Å². The van der Waals surface area contributed by atoms with Gasteiger partial charge in [0, 0.05) is 23.3 Å². The fourth-order valence-corrected chi connectivity index (χ4v) is 8.52. The third-order valence-corrected chi connectivity index (χ3v) is 10.1. The lowest BCUT2D eigenvalue weighted by Crippen LogP contribution is -2.69. The van der Waals surface area contributed by atoms with Gasteiger partial charge in [0.25, 0.3) is 0 Å². The lowest BCUT2D eigenvalue weighted by molar-refractivity contribution is -0.269. The van der Waals surface area contributed by atoms with Crippen molar-refractivity contribution in [1.29, 1.82) is 0 Å². The number of carbonyl (C=O) groups excluding carboxylic acids is 1. The predicted molar refractivity (Wildman–Crippen MR) is 105 cm³/mol. The number of hydrogen-bond acceptors (Lipinski definition) is 6. The number of aliphatic hydroxyl groups is 4. The molecular formula is C23H34O6. The van der Waals surface area contributed by atoms with Crippen molar-refractivity contribution in [3.05, 3.63) is 11.6 Å². The first-order valence-corrected chi connectivity index (χ1v) is 11.3. The van der Waals surface area contributed by atoms with Crippen LogP contribution in [0.1, 0.15) is 64.7 Å². The summed E-state index contributed by atoms with van der Waals surface area (Å²) in [5, 5.41) is 44.4. The molecule has 1 aliphatic heterocycles. The molecule has 0 unspecified atom stereocenters. The first-order chi connectivity index (χ1) is 13.7. The van der Waals surface area contributed by atoms with Gasteiger partial charge in [-0.25, -0.2) is 4.79 Å². The number of rotatable bonds is 2. The van der Waals surface area contributed by atoms with E-state index < -0.39 is 22.7 Å². The zero-order valence-electron chi connectivity index (χ0n) is 17.3. The Kier molecular flexibility index (Phi) is 4.33. The topological polar surface area (TPSA) is 107 Å². The standard InChI is InChI=1S/C23H34O6/c1-20-6-3-17-18(4-8-22(27)11-15(25)2-7-21(17,22)13-24)23(20,28)9-5-16(20)14-10-19(26)29-12-14/h10,15-18,24-25,27-28H,2-9,11-13H2,1H3/t15-,16-,17+,18+,20-,21+,22+,23+/m1/s1. The average molecular weight is 407 g/mol. The summed E-state index contributed by atoms with van der Waals surface area (Å²) in [5.41, 5.74) is -1.88. The number of hydrogen-bond donors (Lipinski definition) is 4. The molecular weight excluding hydrogens is 372 g/mol. The molecule has 8 atom stereocenters. The third kappa shape index (κ3) is 2.40. The Bertz CT molecular complexity index is 750. The second kappa shape index (κ2) is 6.28. The summed E-state index contributed by atoms with van der Waals surface area (Å²) in [5.74, 6) is -0.0760. The van der Waals surface area contributed by atoms with E-state index in [1.807, 2.05) is 0 Å². The molecule has 6 heteroatoms. The molecule has 0 aromatic heterocycles. The largest absolute Gasteiger partial charge is 0.458 e. The molecule has 0 saturated heterocycles. The van der Waals surface area contributed by atoms with E-state index in [1.54, 1.807) is 6.08 Å². The number of cyclic esters (lactones) is 1. The van der Waals surface area contributed by atoms with Crippen LogP contribution in [0, 0.1) is 28.6 Å². The molecule has 0 aromatic carbocycles. The van der Waals surface area contributed by atoms with Gasteiger partial charge in [-0.2, -0.15) is 0 Å². The van der Waals surface area contributed by atoms with Crippen LogP contribution in [0.3, 0.4) is 0 Å². The summed E-state index contributed by atoms with van der Waals surface area (Å²) in [6.07, 6.45) is 7.02. The number of fused-ring (bicyclic) bond motifs is 5. The highest BCUT2D eigenvalue weighted by Gasteiger charge is 2.71. The Labute approximate surface area is 172 Å². The molecule has 4 saturated carbocycles. The summed E-state index contributed by atoms with van der Waals surface area (Å²) >= 11 is 0. The first-order valence-electron chi connectivity index (χ1n) is 11.3. The van der Waals surface area contributed by atoms with Crippen LogP contribution in [0.15, 0.2) is 11.6 Å². The minimum Gasteiger partial charge on any atom is -0.458 e. The molecule has 4 fully saturated rings. The summed E-state index contributed by atoms with van der Waals surface area (Å²) in [6.45, 7) is 2.41. The van der Waals surface area contributed by atoms with Gasteiger partial charge in [-0.15, -0.1) is 0 Å². The van der Waals surface area contributed by atoms with Crippen LogP contribution in [-0.4, -0.2) is 56.9 Å². The van der Waals surface area contributed by atoms with E-state index in [0.717, 1.165) is 24.8 Å². The minimum atomic E-state index is -1.06.